The van der Waals surface area contributed by atoms with Crippen LogP contribution in [-0.4, -0.2) is 14.2 Å². The highest BCUT2D eigenvalue weighted by atomic mass is 35.5. The molecule has 0 saturated heterocycles. The van der Waals surface area contributed by atoms with E-state index in [9.17, 15) is 4.57 Å². The molecule has 7 heteroatoms. The van der Waals surface area contributed by atoms with Gasteiger partial charge in [0.2, 0.25) is 0 Å². The summed E-state index contributed by atoms with van der Waals surface area (Å²) in [5, 5.41) is 0.696. The van der Waals surface area contributed by atoms with Gasteiger partial charge in [0.1, 0.15) is 0 Å². The van der Waals surface area contributed by atoms with Crippen LogP contribution in [-0.2, 0) is 13.6 Å². The minimum absolute atomic E-state index is 0.348. The standard InChI is InChI=1S/C14H14Cl2NO3P/c1-19-21(18,20-2)17(11-7-4-3-5-8-11)14-12(15)9-6-10-13(14)16/h3-10H,1-2H3. The molecule has 21 heavy (non-hydrogen) atoms. The molecule has 0 bridgehead atoms. The highest BCUT2D eigenvalue weighted by molar-refractivity contribution is 7.56. The molecule has 0 N–H and O–H groups in total. The fourth-order valence-corrected chi connectivity index (χ4v) is 3.93. The smallest absolute Gasteiger partial charge is 0.295 e. The van der Waals surface area contributed by atoms with Gasteiger partial charge in [0, 0.05) is 14.2 Å². The highest BCUT2D eigenvalue weighted by Gasteiger charge is 2.35. The largest absolute Gasteiger partial charge is 0.439 e. The number of anilines is 2. The van der Waals surface area contributed by atoms with Crippen molar-refractivity contribution in [1.82, 2.24) is 0 Å². The number of hydrogen-bond acceptors (Lipinski definition) is 3. The van der Waals surface area contributed by atoms with Gasteiger partial charge < -0.3 is 0 Å². The quantitative estimate of drug-likeness (QED) is 0.667. The summed E-state index contributed by atoms with van der Waals surface area (Å²) in [7, 11) is -1.00. The number of nitrogens with zero attached hydrogens (tertiary/aromatic N) is 1. The molecule has 0 heterocycles. The molecule has 0 saturated carbocycles. The molecule has 2 rings (SSSR count). The summed E-state index contributed by atoms with van der Waals surface area (Å²) in [5.41, 5.74) is 0.971. The molecule has 0 unspecified atom stereocenters. The lowest BCUT2D eigenvalue weighted by atomic mass is 10.2. The average molecular weight is 346 g/mol. The first kappa shape index (κ1) is 16.3. The molecule has 0 atom stereocenters. The second-order valence-corrected chi connectivity index (χ2v) is 6.93. The molecule has 4 nitrogen and oxygen atoms in total. The Bertz CT molecular complexity index is 638. The Hall–Kier alpha value is -1.03. The normalized spacial score (nSPS) is 11.4. The molecular formula is C14H14Cl2NO3P. The summed E-state index contributed by atoms with van der Waals surface area (Å²) in [4.78, 5) is 0. The van der Waals surface area contributed by atoms with Crippen LogP contribution in [0.1, 0.15) is 0 Å². The van der Waals surface area contributed by atoms with Crippen LogP contribution in [0.2, 0.25) is 10.0 Å². The third-order valence-corrected chi connectivity index (χ3v) is 5.31. The highest BCUT2D eigenvalue weighted by Crippen LogP contribution is 2.59. The summed E-state index contributed by atoms with van der Waals surface area (Å²) in [6.45, 7) is 0. The van der Waals surface area contributed by atoms with E-state index in [0.717, 1.165) is 0 Å². The van der Waals surface area contributed by atoms with E-state index in [1.165, 1.54) is 18.9 Å². The number of hydrogen-bond donors (Lipinski definition) is 0. The monoisotopic (exact) mass is 345 g/mol. The third kappa shape index (κ3) is 3.25. The van der Waals surface area contributed by atoms with Gasteiger partial charge in [-0.3, -0.25) is 9.05 Å². The van der Waals surface area contributed by atoms with Crippen molar-refractivity contribution in [2.24, 2.45) is 0 Å². The molecule has 0 spiro atoms. The maximum absolute atomic E-state index is 12.9. The first-order valence-electron chi connectivity index (χ1n) is 6.04. The van der Waals surface area contributed by atoms with Crippen molar-refractivity contribution in [1.29, 1.82) is 0 Å². The van der Waals surface area contributed by atoms with Gasteiger partial charge in [0.15, 0.2) is 0 Å². The fourth-order valence-electron chi connectivity index (χ4n) is 1.89. The second-order valence-electron chi connectivity index (χ2n) is 4.05. The molecule has 0 aromatic heterocycles. The van der Waals surface area contributed by atoms with Crippen molar-refractivity contribution >= 4 is 42.3 Å². The van der Waals surface area contributed by atoms with Crippen LogP contribution in [0.25, 0.3) is 0 Å². The van der Waals surface area contributed by atoms with Crippen molar-refractivity contribution in [3.8, 4) is 0 Å². The van der Waals surface area contributed by atoms with Crippen LogP contribution in [0.5, 0.6) is 0 Å². The maximum Gasteiger partial charge on any atom is 0.439 e. The van der Waals surface area contributed by atoms with E-state index in [0.29, 0.717) is 21.4 Å². The predicted octanol–water partition coefficient (Wildman–Crippen LogP) is 5.53. The van der Waals surface area contributed by atoms with E-state index in [1.54, 1.807) is 30.3 Å². The van der Waals surface area contributed by atoms with Crippen LogP contribution in [0.3, 0.4) is 0 Å². The van der Waals surface area contributed by atoms with Gasteiger partial charge in [-0.25, -0.2) is 9.24 Å². The summed E-state index contributed by atoms with van der Waals surface area (Å²) in [5.74, 6) is 0. The Balaban J connectivity index is 2.71. The zero-order valence-corrected chi connectivity index (χ0v) is 13.9. The maximum atomic E-state index is 12.9. The minimum Gasteiger partial charge on any atom is -0.295 e. The summed E-state index contributed by atoms with van der Waals surface area (Å²) < 4.78 is 24.5. The van der Waals surface area contributed by atoms with Gasteiger partial charge in [0.05, 0.1) is 21.4 Å². The molecule has 0 radical (unpaired) electrons. The van der Waals surface area contributed by atoms with Gasteiger partial charge in [-0.05, 0) is 24.3 Å². The van der Waals surface area contributed by atoms with Crippen molar-refractivity contribution in [2.75, 3.05) is 18.9 Å². The van der Waals surface area contributed by atoms with Gasteiger partial charge in [-0.15, -0.1) is 0 Å². The lowest BCUT2D eigenvalue weighted by molar-refractivity contribution is 0.276. The van der Waals surface area contributed by atoms with E-state index in [4.69, 9.17) is 32.2 Å². The molecular weight excluding hydrogens is 332 g/mol. The first-order chi connectivity index (χ1) is 10.0. The lowest BCUT2D eigenvalue weighted by Gasteiger charge is -2.31. The molecule has 0 fully saturated rings. The topological polar surface area (TPSA) is 38.8 Å². The molecule has 0 aliphatic heterocycles. The van der Waals surface area contributed by atoms with Crippen LogP contribution in [0.15, 0.2) is 48.5 Å². The summed E-state index contributed by atoms with van der Waals surface area (Å²) >= 11 is 12.5. The van der Waals surface area contributed by atoms with E-state index >= 15 is 0 Å². The minimum atomic E-state index is -3.62. The molecule has 0 aliphatic carbocycles. The van der Waals surface area contributed by atoms with Crippen LogP contribution < -0.4 is 4.67 Å². The molecule has 0 amide bonds. The van der Waals surface area contributed by atoms with Gasteiger partial charge in [0.25, 0.3) is 0 Å². The number of halogens is 2. The Morgan fingerprint density at radius 1 is 0.905 bits per heavy atom. The SMILES string of the molecule is COP(=O)(OC)N(c1ccccc1)c1c(Cl)cccc1Cl. The Morgan fingerprint density at radius 3 is 1.90 bits per heavy atom. The molecule has 0 aliphatic rings. The number of para-hydroxylation sites is 2. The Labute approximate surface area is 133 Å². The van der Waals surface area contributed by atoms with Gasteiger partial charge >= 0.3 is 7.75 Å². The number of rotatable bonds is 5. The van der Waals surface area contributed by atoms with Crippen molar-refractivity contribution in [3.63, 3.8) is 0 Å². The fraction of sp³-hybridized carbons (Fsp3) is 0.143. The average Bonchev–Trinajstić information content (AvgIpc) is 2.51. The van der Waals surface area contributed by atoms with Crippen LogP contribution >= 0.6 is 30.9 Å². The first-order valence-corrected chi connectivity index (χ1v) is 8.30. The zero-order chi connectivity index (χ0) is 15.5. The van der Waals surface area contributed by atoms with Crippen molar-refractivity contribution in [2.45, 2.75) is 0 Å². The van der Waals surface area contributed by atoms with E-state index in [2.05, 4.69) is 0 Å². The predicted molar refractivity (Wildman–Crippen MR) is 86.7 cm³/mol. The molecule has 2 aromatic carbocycles. The van der Waals surface area contributed by atoms with E-state index in [-0.39, 0.29) is 0 Å². The van der Waals surface area contributed by atoms with E-state index in [1.807, 2.05) is 18.2 Å². The van der Waals surface area contributed by atoms with Crippen molar-refractivity contribution in [3.05, 3.63) is 58.6 Å². The summed E-state index contributed by atoms with van der Waals surface area (Å²) in [6.07, 6.45) is 0. The molecule has 112 valence electrons. The Kier molecular flexibility index (Phi) is 5.31. The number of benzene rings is 2. The second kappa shape index (κ2) is 6.82. The van der Waals surface area contributed by atoms with Crippen LogP contribution in [0, 0.1) is 0 Å². The molecule has 2 aromatic rings. The van der Waals surface area contributed by atoms with Crippen molar-refractivity contribution < 1.29 is 13.6 Å². The van der Waals surface area contributed by atoms with Crippen LogP contribution in [0.4, 0.5) is 11.4 Å². The zero-order valence-electron chi connectivity index (χ0n) is 11.5. The lowest BCUT2D eigenvalue weighted by Crippen LogP contribution is -2.16. The third-order valence-electron chi connectivity index (χ3n) is 2.86. The van der Waals surface area contributed by atoms with Gasteiger partial charge in [-0.2, -0.15) is 0 Å². The Morgan fingerprint density at radius 2 is 1.43 bits per heavy atom. The summed E-state index contributed by atoms with van der Waals surface area (Å²) in [6, 6.07) is 14.0. The van der Waals surface area contributed by atoms with Gasteiger partial charge in [-0.1, -0.05) is 47.5 Å². The van der Waals surface area contributed by atoms with E-state index < -0.39 is 7.75 Å².